The van der Waals surface area contributed by atoms with Crippen LogP contribution in [0.1, 0.15) is 26.2 Å². The normalized spacial score (nSPS) is 28.2. The number of aliphatic carboxylic acids is 1. The van der Waals surface area contributed by atoms with E-state index in [1.54, 1.807) is 14.1 Å². The second-order valence-corrected chi connectivity index (χ2v) is 8.58. The molecule has 0 aromatic heterocycles. The van der Waals surface area contributed by atoms with Crippen LogP contribution in [0.4, 0.5) is 4.79 Å². The van der Waals surface area contributed by atoms with Gasteiger partial charge in [0, 0.05) is 20.6 Å². The van der Waals surface area contributed by atoms with Gasteiger partial charge in [0.05, 0.1) is 18.1 Å². The number of rotatable bonds is 7. The molecule has 0 unspecified atom stereocenters. The Morgan fingerprint density at radius 3 is 2.58 bits per heavy atom. The average Bonchev–Trinajstić information content (AvgIpc) is 3.24. The van der Waals surface area contributed by atoms with E-state index in [4.69, 9.17) is 4.74 Å². The van der Waals surface area contributed by atoms with E-state index in [0.29, 0.717) is 24.8 Å². The van der Waals surface area contributed by atoms with Crippen molar-refractivity contribution in [2.24, 2.45) is 11.8 Å². The van der Waals surface area contributed by atoms with E-state index in [-0.39, 0.29) is 42.6 Å². The lowest BCUT2D eigenvalue weighted by Crippen LogP contribution is -2.61. The third kappa shape index (κ3) is 4.04. The Bertz CT molecular complexity index is 835. The number of carbonyl (C=O) groups excluding carboxylic acids is 3. The molecular formula is C21H29N3O7. The van der Waals surface area contributed by atoms with Crippen molar-refractivity contribution in [2.45, 2.75) is 44.4 Å². The van der Waals surface area contributed by atoms with Crippen LogP contribution in [0.2, 0.25) is 0 Å². The smallest absolute Gasteiger partial charge is 0.410 e. The number of aliphatic hydroxyl groups is 1. The number of aliphatic hydroxyl groups excluding tert-OH is 1. The molecule has 10 nitrogen and oxygen atoms in total. The zero-order chi connectivity index (χ0) is 23.0. The molecular weight excluding hydrogens is 406 g/mol. The van der Waals surface area contributed by atoms with Crippen molar-refractivity contribution >= 4 is 23.9 Å². The monoisotopic (exact) mass is 435 g/mol. The Balaban J connectivity index is 1.79. The number of hydrogen-bond acceptors (Lipinski definition) is 6. The van der Waals surface area contributed by atoms with E-state index in [2.05, 4.69) is 6.58 Å². The molecule has 2 fully saturated rings. The van der Waals surface area contributed by atoms with Crippen LogP contribution < -0.4 is 0 Å². The number of carboxylic acids is 1. The van der Waals surface area contributed by atoms with Crippen molar-refractivity contribution in [3.8, 4) is 0 Å². The largest absolute Gasteiger partial charge is 0.477 e. The first-order valence-electron chi connectivity index (χ1n) is 10.3. The minimum absolute atomic E-state index is 0.0245. The standard InChI is InChI=1S/C21H29N3O7/c1-5-6-31-21(30)23-10-12(8-15(23)18(26)22(3)4)7-13-9-14-16(11(2)25)19(27)24(14)17(13)20(28)29/h5,11-12,14-16,25H,1,6-10H2,2-4H3,(H,28,29)/t11-,12+,14-,15+,16-/m1/s1. The molecule has 3 amide bonds. The molecule has 2 saturated heterocycles. The van der Waals surface area contributed by atoms with E-state index >= 15 is 0 Å². The number of carboxylic acid groups (broad SMARTS) is 1. The van der Waals surface area contributed by atoms with Gasteiger partial charge in [0.2, 0.25) is 11.8 Å². The number of hydrogen-bond donors (Lipinski definition) is 2. The predicted molar refractivity (Wildman–Crippen MR) is 109 cm³/mol. The maximum Gasteiger partial charge on any atom is 0.410 e. The number of likely N-dealkylation sites (tertiary alicyclic amines) is 1. The second kappa shape index (κ2) is 8.70. The van der Waals surface area contributed by atoms with Crippen LogP contribution in [0.15, 0.2) is 23.9 Å². The third-order valence-corrected chi connectivity index (χ3v) is 6.23. The molecule has 10 heteroatoms. The summed E-state index contributed by atoms with van der Waals surface area (Å²) >= 11 is 0. The van der Waals surface area contributed by atoms with Gasteiger partial charge in [-0.3, -0.25) is 14.5 Å². The van der Waals surface area contributed by atoms with Gasteiger partial charge in [-0.05, 0) is 37.7 Å². The van der Waals surface area contributed by atoms with Gasteiger partial charge in [0.1, 0.15) is 18.3 Å². The fraction of sp³-hybridized carbons (Fsp3) is 0.619. The van der Waals surface area contributed by atoms with Gasteiger partial charge < -0.3 is 24.7 Å². The molecule has 3 aliphatic rings. The third-order valence-electron chi connectivity index (χ3n) is 6.23. The van der Waals surface area contributed by atoms with Crippen molar-refractivity contribution in [2.75, 3.05) is 27.2 Å². The van der Waals surface area contributed by atoms with E-state index in [9.17, 15) is 29.4 Å². The number of β-lactam (4-membered cyclic amide) rings is 1. The Morgan fingerprint density at radius 1 is 1.35 bits per heavy atom. The summed E-state index contributed by atoms with van der Waals surface area (Å²) in [4.78, 5) is 53.4. The number of carbonyl (C=O) groups is 4. The first kappa shape index (κ1) is 22.8. The van der Waals surface area contributed by atoms with E-state index in [1.165, 1.54) is 27.7 Å². The average molecular weight is 435 g/mol. The number of likely N-dealkylation sites (N-methyl/N-ethyl adjacent to an activating group) is 1. The lowest BCUT2D eigenvalue weighted by Gasteiger charge is -2.44. The zero-order valence-corrected chi connectivity index (χ0v) is 18.0. The van der Waals surface area contributed by atoms with Crippen molar-refractivity contribution in [1.29, 1.82) is 0 Å². The van der Waals surface area contributed by atoms with Gasteiger partial charge in [-0.25, -0.2) is 9.59 Å². The number of amides is 3. The van der Waals surface area contributed by atoms with Crippen molar-refractivity contribution < 1.29 is 34.1 Å². The molecule has 0 aromatic carbocycles. The SMILES string of the molecule is C=CCOC(=O)N1C[C@@H](CC2=C(C(=O)O)N3C(=O)[C@H]([C@@H](C)O)[C@H]3C2)C[C@H]1C(=O)N(C)C. The molecule has 3 heterocycles. The molecule has 0 radical (unpaired) electrons. The summed E-state index contributed by atoms with van der Waals surface area (Å²) in [5.41, 5.74) is 0.575. The van der Waals surface area contributed by atoms with Crippen molar-refractivity contribution in [3.63, 3.8) is 0 Å². The Labute approximate surface area is 180 Å². The highest BCUT2D eigenvalue weighted by molar-refractivity contribution is 5.99. The van der Waals surface area contributed by atoms with Gasteiger partial charge in [-0.1, -0.05) is 12.7 Å². The summed E-state index contributed by atoms with van der Waals surface area (Å²) in [6, 6.07) is -1.06. The lowest BCUT2D eigenvalue weighted by atomic mass is 9.82. The summed E-state index contributed by atoms with van der Waals surface area (Å²) in [7, 11) is 3.22. The maximum absolute atomic E-state index is 12.6. The quantitative estimate of drug-likeness (QED) is 0.438. The van der Waals surface area contributed by atoms with Crippen LogP contribution in [0.5, 0.6) is 0 Å². The van der Waals surface area contributed by atoms with Crippen LogP contribution >= 0.6 is 0 Å². The zero-order valence-electron chi connectivity index (χ0n) is 18.0. The van der Waals surface area contributed by atoms with Crippen LogP contribution in [-0.2, 0) is 19.1 Å². The fourth-order valence-corrected chi connectivity index (χ4v) is 4.91. The Kier molecular flexibility index (Phi) is 6.40. The minimum atomic E-state index is -1.18. The molecule has 0 bridgehead atoms. The van der Waals surface area contributed by atoms with Gasteiger partial charge >= 0.3 is 12.1 Å². The topological polar surface area (TPSA) is 128 Å². The first-order chi connectivity index (χ1) is 14.6. The molecule has 170 valence electrons. The van der Waals surface area contributed by atoms with Gasteiger partial charge in [-0.15, -0.1) is 0 Å². The highest BCUT2D eigenvalue weighted by Crippen LogP contribution is 2.46. The van der Waals surface area contributed by atoms with Crippen LogP contribution in [0.25, 0.3) is 0 Å². The maximum atomic E-state index is 12.6. The van der Waals surface area contributed by atoms with Crippen molar-refractivity contribution in [3.05, 3.63) is 23.9 Å². The van der Waals surface area contributed by atoms with Gasteiger partial charge in [-0.2, -0.15) is 0 Å². The van der Waals surface area contributed by atoms with Crippen LogP contribution in [-0.4, -0.2) is 94.2 Å². The molecule has 3 aliphatic heterocycles. The first-order valence-corrected chi connectivity index (χ1v) is 10.3. The summed E-state index contributed by atoms with van der Waals surface area (Å²) < 4.78 is 5.12. The molecule has 0 saturated carbocycles. The molecule has 0 aromatic rings. The lowest BCUT2D eigenvalue weighted by molar-refractivity contribution is -0.161. The summed E-state index contributed by atoms with van der Waals surface area (Å²) in [5, 5.41) is 19.6. The van der Waals surface area contributed by atoms with E-state index in [1.807, 2.05) is 0 Å². The highest BCUT2D eigenvalue weighted by atomic mass is 16.6. The highest BCUT2D eigenvalue weighted by Gasteiger charge is 2.57. The molecule has 0 spiro atoms. The summed E-state index contributed by atoms with van der Waals surface area (Å²) in [5.74, 6) is -2.56. The number of nitrogens with zero attached hydrogens (tertiary/aromatic N) is 3. The van der Waals surface area contributed by atoms with Gasteiger partial charge in [0.25, 0.3) is 0 Å². The predicted octanol–water partition coefficient (Wildman–Crippen LogP) is 0.428. The molecule has 2 N–H and O–H groups in total. The Morgan fingerprint density at radius 2 is 2.03 bits per heavy atom. The molecule has 5 atom stereocenters. The van der Waals surface area contributed by atoms with E-state index < -0.39 is 30.1 Å². The van der Waals surface area contributed by atoms with Crippen molar-refractivity contribution in [1.82, 2.24) is 14.7 Å². The number of fused-ring (bicyclic) bond motifs is 1. The second-order valence-electron chi connectivity index (χ2n) is 8.58. The number of ether oxygens (including phenoxy) is 1. The fourth-order valence-electron chi connectivity index (χ4n) is 4.91. The molecule has 31 heavy (non-hydrogen) atoms. The summed E-state index contributed by atoms with van der Waals surface area (Å²) in [6.45, 7) is 5.31. The minimum Gasteiger partial charge on any atom is -0.477 e. The Hall–Kier alpha value is -2.88. The molecule has 0 aliphatic carbocycles. The molecule has 3 rings (SSSR count). The summed E-state index contributed by atoms with van der Waals surface area (Å²) in [6.07, 6.45) is 1.05. The van der Waals surface area contributed by atoms with E-state index in [0.717, 1.165) is 0 Å². The van der Waals surface area contributed by atoms with Gasteiger partial charge in [0.15, 0.2) is 0 Å². The van der Waals surface area contributed by atoms with Crippen LogP contribution in [0, 0.1) is 11.8 Å². The van der Waals surface area contributed by atoms with Crippen LogP contribution in [0.3, 0.4) is 0 Å².